The monoisotopic (exact) mass is 406 g/mol. The van der Waals surface area contributed by atoms with E-state index in [1.165, 1.54) is 24.2 Å². The third-order valence-corrected chi connectivity index (χ3v) is 20.9. The first-order valence-corrected chi connectivity index (χ1v) is 16.3. The van der Waals surface area contributed by atoms with Crippen molar-refractivity contribution in [3.05, 3.63) is 24.3 Å². The van der Waals surface area contributed by atoms with E-state index in [1.54, 1.807) is 10.4 Å². The second-order valence-electron chi connectivity index (χ2n) is 4.92. The molecule has 102 valence electrons. The first-order valence-electron chi connectivity index (χ1n) is 6.94. The van der Waals surface area contributed by atoms with Crippen molar-refractivity contribution in [2.24, 2.45) is 0 Å². The lowest BCUT2D eigenvalue weighted by molar-refractivity contribution is 1.31. The van der Waals surface area contributed by atoms with Crippen LogP contribution in [0.2, 0.25) is 24.2 Å². The fraction of sp³-hybridized carbons (Fsp3) is 0.571. The van der Waals surface area contributed by atoms with E-state index in [2.05, 4.69) is 82.5 Å². The van der Waals surface area contributed by atoms with Crippen LogP contribution in [0.1, 0.15) is 27.7 Å². The van der Waals surface area contributed by atoms with Crippen molar-refractivity contribution in [2.75, 3.05) is 0 Å². The van der Waals surface area contributed by atoms with Gasteiger partial charge in [-0.1, -0.05) is 52.0 Å². The first-order chi connectivity index (χ1) is 8.45. The van der Waals surface area contributed by atoms with Crippen LogP contribution in [0, 0.1) is 0 Å². The summed E-state index contributed by atoms with van der Waals surface area (Å²) in [4.78, 5) is 0. The fourth-order valence-electron chi connectivity index (χ4n) is 2.38. The van der Waals surface area contributed by atoms with Gasteiger partial charge in [-0.25, -0.2) is 0 Å². The molecule has 0 unspecified atom stereocenters. The molecule has 0 radical (unpaired) electrons. The van der Waals surface area contributed by atoms with Crippen LogP contribution in [-0.4, -0.2) is 13.4 Å². The lowest BCUT2D eigenvalue weighted by Crippen LogP contribution is -2.44. The minimum absolute atomic E-state index is 1.27. The highest BCUT2D eigenvalue weighted by atomic mass is 79.9. The van der Waals surface area contributed by atoms with E-state index in [0.717, 1.165) is 0 Å². The summed E-state index contributed by atoms with van der Waals surface area (Å²) in [5.41, 5.74) is 0. The highest BCUT2D eigenvalue weighted by molar-refractivity contribution is 9.26. The Balaban J connectivity index is 3.06. The summed E-state index contributed by atoms with van der Waals surface area (Å²) in [6.07, 6.45) is 0. The second-order valence-corrected chi connectivity index (χ2v) is 21.9. The number of hydrogen-bond acceptors (Lipinski definition) is 0. The highest BCUT2D eigenvalue weighted by Gasteiger charge is 2.31. The van der Waals surface area contributed by atoms with Gasteiger partial charge in [-0.3, -0.25) is 0 Å². The average molecular weight is 408 g/mol. The van der Waals surface area contributed by atoms with E-state index in [-0.39, 0.29) is 0 Å². The second kappa shape index (κ2) is 6.86. The maximum atomic E-state index is 4.04. The maximum Gasteiger partial charge on any atom is 0.160 e. The largest absolute Gasteiger partial charge is 0.160 e. The Hall–Kier alpha value is 0.614. The van der Waals surface area contributed by atoms with Crippen LogP contribution in [0.25, 0.3) is 0 Å². The zero-order valence-electron chi connectivity index (χ0n) is 11.9. The molecule has 0 N–H and O–H groups in total. The van der Waals surface area contributed by atoms with Gasteiger partial charge in [0.15, 0.2) is 13.4 Å². The Bertz CT molecular complexity index is 331. The predicted octanol–water partition coefficient (Wildman–Crippen LogP) is 4.86. The molecule has 0 aliphatic carbocycles. The molecule has 0 aliphatic rings. The highest BCUT2D eigenvalue weighted by Crippen LogP contribution is 2.24. The topological polar surface area (TPSA) is 0 Å². The molecule has 0 aromatic heterocycles. The van der Waals surface area contributed by atoms with Gasteiger partial charge in [0.05, 0.1) is 0 Å². The van der Waals surface area contributed by atoms with Crippen LogP contribution in [0.5, 0.6) is 0 Å². The van der Waals surface area contributed by atoms with Gasteiger partial charge in [0.2, 0.25) is 0 Å². The SMILES string of the molecule is CC[Si](Br)(CC)c1ccc([Si](Br)(CC)CC)cc1. The zero-order chi connectivity index (χ0) is 13.8. The number of hydrogen-bond donors (Lipinski definition) is 0. The molecule has 1 aromatic rings. The van der Waals surface area contributed by atoms with E-state index in [4.69, 9.17) is 0 Å². The van der Waals surface area contributed by atoms with Gasteiger partial charge in [0.25, 0.3) is 0 Å². The third-order valence-electron chi connectivity index (χ3n) is 4.16. The van der Waals surface area contributed by atoms with Crippen LogP contribution in [0.4, 0.5) is 0 Å². The molecule has 0 atom stereocenters. The molecule has 1 aromatic carbocycles. The summed E-state index contributed by atoms with van der Waals surface area (Å²) >= 11 is 8.08. The molecular formula is C14H24Br2Si2. The van der Waals surface area contributed by atoms with E-state index in [1.807, 2.05) is 0 Å². The van der Waals surface area contributed by atoms with Crippen molar-refractivity contribution in [1.82, 2.24) is 0 Å². The Kier molecular flexibility index (Phi) is 6.36. The molecule has 0 saturated heterocycles. The summed E-state index contributed by atoms with van der Waals surface area (Å²) < 4.78 is 0. The molecular weight excluding hydrogens is 384 g/mol. The Morgan fingerprint density at radius 2 is 0.889 bits per heavy atom. The molecule has 0 heterocycles. The molecule has 4 heteroatoms. The summed E-state index contributed by atoms with van der Waals surface area (Å²) in [6.45, 7) is 6.50. The normalized spacial score (nSPS) is 12.8. The van der Waals surface area contributed by atoms with Gasteiger partial charge >= 0.3 is 0 Å². The minimum atomic E-state index is -1.36. The fourth-order valence-corrected chi connectivity index (χ4v) is 8.13. The van der Waals surface area contributed by atoms with Crippen molar-refractivity contribution in [1.29, 1.82) is 0 Å². The van der Waals surface area contributed by atoms with Crippen molar-refractivity contribution in [2.45, 2.75) is 51.9 Å². The van der Waals surface area contributed by atoms with Crippen molar-refractivity contribution in [3.63, 3.8) is 0 Å². The van der Waals surface area contributed by atoms with Crippen LogP contribution < -0.4 is 10.4 Å². The average Bonchev–Trinajstić information content (AvgIpc) is 2.45. The zero-order valence-corrected chi connectivity index (χ0v) is 17.1. The van der Waals surface area contributed by atoms with Gasteiger partial charge in [-0.15, -0.1) is 30.6 Å². The van der Waals surface area contributed by atoms with E-state index >= 15 is 0 Å². The van der Waals surface area contributed by atoms with Gasteiger partial charge in [0.1, 0.15) is 0 Å². The maximum absolute atomic E-state index is 4.04. The lowest BCUT2D eigenvalue weighted by Gasteiger charge is -2.25. The molecule has 0 fully saturated rings. The summed E-state index contributed by atoms with van der Waals surface area (Å²) in [6, 6.07) is 14.6. The summed E-state index contributed by atoms with van der Waals surface area (Å²) in [7, 11) is 0. The Morgan fingerprint density at radius 3 is 1.06 bits per heavy atom. The predicted molar refractivity (Wildman–Crippen MR) is 97.0 cm³/mol. The third kappa shape index (κ3) is 3.38. The van der Waals surface area contributed by atoms with Gasteiger partial charge in [-0.05, 0) is 34.5 Å². The van der Waals surface area contributed by atoms with Crippen molar-refractivity contribution >= 4 is 54.3 Å². The Labute approximate surface area is 130 Å². The summed E-state index contributed by atoms with van der Waals surface area (Å²) in [5, 5.41) is 3.10. The van der Waals surface area contributed by atoms with E-state index in [9.17, 15) is 0 Å². The van der Waals surface area contributed by atoms with Crippen LogP contribution in [-0.2, 0) is 0 Å². The van der Waals surface area contributed by atoms with Gasteiger partial charge in [-0.2, -0.15) is 0 Å². The standard InChI is InChI=1S/C14H24Br2Si2/c1-5-17(15,6-2)13-9-11-14(12-10-13)18(16,7-3)8-4/h9-12H,5-8H2,1-4H3. The molecule has 0 aliphatic heterocycles. The molecule has 0 bridgehead atoms. The minimum Gasteiger partial charge on any atom is -0.120 e. The van der Waals surface area contributed by atoms with Crippen LogP contribution >= 0.6 is 30.6 Å². The van der Waals surface area contributed by atoms with Gasteiger partial charge in [0, 0.05) is 0 Å². The lowest BCUT2D eigenvalue weighted by atomic mass is 10.4. The van der Waals surface area contributed by atoms with Crippen LogP contribution in [0.3, 0.4) is 0 Å². The van der Waals surface area contributed by atoms with E-state index < -0.39 is 13.4 Å². The molecule has 18 heavy (non-hydrogen) atoms. The van der Waals surface area contributed by atoms with Crippen molar-refractivity contribution in [3.8, 4) is 0 Å². The van der Waals surface area contributed by atoms with Crippen LogP contribution in [0.15, 0.2) is 24.3 Å². The molecule has 0 spiro atoms. The molecule has 0 amide bonds. The van der Waals surface area contributed by atoms with Gasteiger partial charge < -0.3 is 0 Å². The van der Waals surface area contributed by atoms with E-state index in [0.29, 0.717) is 0 Å². The summed E-state index contributed by atoms with van der Waals surface area (Å²) in [5.74, 6) is 0. The smallest absolute Gasteiger partial charge is 0.120 e. The molecule has 1 rings (SSSR count). The number of rotatable bonds is 6. The van der Waals surface area contributed by atoms with Crippen molar-refractivity contribution < 1.29 is 0 Å². The quantitative estimate of drug-likeness (QED) is 0.466. The molecule has 0 nitrogen and oxygen atoms in total. The number of halogens is 2. The first kappa shape index (κ1) is 16.7. The number of benzene rings is 1. The molecule has 0 saturated carbocycles. The Morgan fingerprint density at radius 1 is 0.667 bits per heavy atom.